The summed E-state index contributed by atoms with van der Waals surface area (Å²) < 4.78 is 0. The Bertz CT molecular complexity index is 519. The molecule has 2 aromatic rings. The second kappa shape index (κ2) is 5.17. The number of aromatic nitrogens is 2. The molecule has 0 bridgehead atoms. The van der Waals surface area contributed by atoms with Gasteiger partial charge in [-0.15, -0.1) is 0 Å². The van der Waals surface area contributed by atoms with Crippen molar-refractivity contribution >= 4 is 5.82 Å². The van der Waals surface area contributed by atoms with Gasteiger partial charge < -0.3 is 5.32 Å². The fraction of sp³-hybridized carbons (Fsp3) is 0.231. The minimum absolute atomic E-state index is 0.664. The van der Waals surface area contributed by atoms with Crippen LogP contribution in [0, 0.1) is 11.3 Å². The molecular formula is C13H14N4. The van der Waals surface area contributed by atoms with Crippen molar-refractivity contribution in [1.82, 2.24) is 10.2 Å². The highest BCUT2D eigenvalue weighted by molar-refractivity contribution is 5.63. The zero-order valence-electron chi connectivity index (χ0n) is 9.70. The number of H-pyrrole nitrogens is 1. The number of hydrogen-bond acceptors (Lipinski definition) is 3. The van der Waals surface area contributed by atoms with Crippen molar-refractivity contribution in [2.75, 3.05) is 11.9 Å². The van der Waals surface area contributed by atoms with Gasteiger partial charge >= 0.3 is 0 Å². The molecule has 1 aromatic carbocycles. The van der Waals surface area contributed by atoms with Crippen LogP contribution in [0.1, 0.15) is 18.9 Å². The molecule has 0 atom stereocenters. The van der Waals surface area contributed by atoms with Crippen LogP contribution >= 0.6 is 0 Å². The highest BCUT2D eigenvalue weighted by atomic mass is 15.2. The number of hydrogen-bond donors (Lipinski definition) is 2. The molecule has 17 heavy (non-hydrogen) atoms. The minimum atomic E-state index is 0.664. The molecule has 0 aliphatic heterocycles. The Kier molecular flexibility index (Phi) is 3.41. The van der Waals surface area contributed by atoms with Gasteiger partial charge in [0, 0.05) is 12.6 Å². The normalized spacial score (nSPS) is 9.88. The number of nitrogens with zero attached hydrogens (tertiary/aromatic N) is 2. The van der Waals surface area contributed by atoms with Crippen molar-refractivity contribution in [2.45, 2.75) is 13.3 Å². The van der Waals surface area contributed by atoms with E-state index in [0.29, 0.717) is 5.56 Å². The average Bonchev–Trinajstić information content (AvgIpc) is 2.85. The van der Waals surface area contributed by atoms with E-state index in [1.807, 2.05) is 18.2 Å². The molecule has 0 aliphatic carbocycles. The molecule has 1 aromatic heterocycles. The Labute approximate surface area is 100 Å². The van der Waals surface area contributed by atoms with Crippen molar-refractivity contribution in [1.29, 1.82) is 5.26 Å². The third-order valence-corrected chi connectivity index (χ3v) is 2.46. The Balaban J connectivity index is 2.16. The summed E-state index contributed by atoms with van der Waals surface area (Å²) in [6, 6.07) is 11.5. The molecule has 0 saturated heterocycles. The van der Waals surface area contributed by atoms with Gasteiger partial charge in [-0.2, -0.15) is 10.4 Å². The van der Waals surface area contributed by atoms with Gasteiger partial charge in [-0.25, -0.2) is 0 Å². The number of benzene rings is 1. The molecule has 0 spiro atoms. The van der Waals surface area contributed by atoms with E-state index >= 15 is 0 Å². The van der Waals surface area contributed by atoms with Crippen LogP contribution in [0.15, 0.2) is 30.3 Å². The summed E-state index contributed by atoms with van der Waals surface area (Å²) in [6.07, 6.45) is 1.07. The van der Waals surface area contributed by atoms with E-state index in [-0.39, 0.29) is 0 Å². The average molecular weight is 226 g/mol. The van der Waals surface area contributed by atoms with Gasteiger partial charge in [-0.1, -0.05) is 19.1 Å². The lowest BCUT2D eigenvalue weighted by Gasteiger charge is -1.97. The lowest BCUT2D eigenvalue weighted by molar-refractivity contribution is 0.961. The molecule has 0 fully saturated rings. The molecule has 0 saturated carbocycles. The first-order chi connectivity index (χ1) is 8.33. The summed E-state index contributed by atoms with van der Waals surface area (Å²) in [5.74, 6) is 0.853. The van der Waals surface area contributed by atoms with E-state index in [0.717, 1.165) is 30.0 Å². The van der Waals surface area contributed by atoms with Gasteiger partial charge in [0.05, 0.1) is 17.3 Å². The van der Waals surface area contributed by atoms with E-state index in [9.17, 15) is 0 Å². The zero-order valence-corrected chi connectivity index (χ0v) is 9.70. The lowest BCUT2D eigenvalue weighted by atomic mass is 10.1. The van der Waals surface area contributed by atoms with Crippen molar-refractivity contribution < 1.29 is 0 Å². The summed E-state index contributed by atoms with van der Waals surface area (Å²) in [5, 5.41) is 19.1. The lowest BCUT2D eigenvalue weighted by Crippen LogP contribution is -1.99. The highest BCUT2D eigenvalue weighted by Crippen LogP contribution is 2.19. The van der Waals surface area contributed by atoms with Crippen molar-refractivity contribution in [2.24, 2.45) is 0 Å². The van der Waals surface area contributed by atoms with Crippen LogP contribution in [0.4, 0.5) is 5.82 Å². The first kappa shape index (κ1) is 11.2. The van der Waals surface area contributed by atoms with Crippen LogP contribution in [0.5, 0.6) is 0 Å². The summed E-state index contributed by atoms with van der Waals surface area (Å²) >= 11 is 0. The van der Waals surface area contributed by atoms with E-state index < -0.39 is 0 Å². The summed E-state index contributed by atoms with van der Waals surface area (Å²) in [4.78, 5) is 0. The molecule has 1 heterocycles. The Hall–Kier alpha value is -2.28. The second-order valence-corrected chi connectivity index (χ2v) is 3.78. The van der Waals surface area contributed by atoms with Crippen molar-refractivity contribution in [3.63, 3.8) is 0 Å². The first-order valence-corrected chi connectivity index (χ1v) is 5.63. The molecule has 0 radical (unpaired) electrons. The fourth-order valence-corrected chi connectivity index (χ4v) is 1.54. The van der Waals surface area contributed by atoms with E-state index in [2.05, 4.69) is 28.5 Å². The maximum atomic E-state index is 8.72. The standard InChI is InChI=1S/C13H14N4/c1-2-7-15-13-8-12(16-17-13)11-5-3-10(9-14)4-6-11/h3-6,8H,2,7H2,1H3,(H2,15,16,17). The maximum absolute atomic E-state index is 8.72. The summed E-state index contributed by atoms with van der Waals surface area (Å²) in [7, 11) is 0. The van der Waals surface area contributed by atoms with Crippen molar-refractivity contribution in [3.8, 4) is 17.3 Å². The number of anilines is 1. The fourth-order valence-electron chi connectivity index (χ4n) is 1.54. The van der Waals surface area contributed by atoms with Gasteiger partial charge in [0.1, 0.15) is 5.82 Å². The SMILES string of the molecule is CCCNc1cc(-c2ccc(C#N)cc2)[nH]n1. The van der Waals surface area contributed by atoms with E-state index in [1.54, 1.807) is 12.1 Å². The van der Waals surface area contributed by atoms with Gasteiger partial charge in [0.25, 0.3) is 0 Å². The topological polar surface area (TPSA) is 64.5 Å². The monoisotopic (exact) mass is 226 g/mol. The predicted molar refractivity (Wildman–Crippen MR) is 67.5 cm³/mol. The Morgan fingerprint density at radius 3 is 2.76 bits per heavy atom. The first-order valence-electron chi connectivity index (χ1n) is 5.63. The maximum Gasteiger partial charge on any atom is 0.148 e. The van der Waals surface area contributed by atoms with Gasteiger partial charge in [0.2, 0.25) is 0 Å². The Morgan fingerprint density at radius 2 is 2.12 bits per heavy atom. The van der Waals surface area contributed by atoms with Crippen LogP contribution < -0.4 is 5.32 Å². The quantitative estimate of drug-likeness (QED) is 0.842. The van der Waals surface area contributed by atoms with E-state index in [4.69, 9.17) is 5.26 Å². The Morgan fingerprint density at radius 1 is 1.35 bits per heavy atom. The van der Waals surface area contributed by atoms with E-state index in [1.165, 1.54) is 0 Å². The van der Waals surface area contributed by atoms with Crippen LogP contribution in [0.25, 0.3) is 11.3 Å². The zero-order chi connectivity index (χ0) is 12.1. The molecular weight excluding hydrogens is 212 g/mol. The summed E-state index contributed by atoms with van der Waals surface area (Å²) in [6.45, 7) is 3.03. The molecule has 0 amide bonds. The smallest absolute Gasteiger partial charge is 0.148 e. The molecule has 2 N–H and O–H groups in total. The molecule has 2 rings (SSSR count). The van der Waals surface area contributed by atoms with Gasteiger partial charge in [-0.3, -0.25) is 5.10 Å². The molecule has 0 unspecified atom stereocenters. The van der Waals surface area contributed by atoms with Crippen LogP contribution in [-0.4, -0.2) is 16.7 Å². The number of nitriles is 1. The van der Waals surface area contributed by atoms with Gasteiger partial charge in [-0.05, 0) is 24.1 Å². The van der Waals surface area contributed by atoms with Gasteiger partial charge in [0.15, 0.2) is 0 Å². The molecule has 4 heteroatoms. The number of rotatable bonds is 4. The van der Waals surface area contributed by atoms with Crippen LogP contribution in [0.3, 0.4) is 0 Å². The number of aromatic amines is 1. The highest BCUT2D eigenvalue weighted by Gasteiger charge is 2.02. The summed E-state index contributed by atoms with van der Waals surface area (Å²) in [5.41, 5.74) is 2.65. The van der Waals surface area contributed by atoms with Crippen molar-refractivity contribution in [3.05, 3.63) is 35.9 Å². The molecule has 86 valence electrons. The third-order valence-electron chi connectivity index (χ3n) is 2.46. The number of nitrogens with one attached hydrogen (secondary N) is 2. The predicted octanol–water partition coefficient (Wildman–Crippen LogP) is 2.77. The molecule has 0 aliphatic rings. The van der Waals surface area contributed by atoms with Crippen LogP contribution in [-0.2, 0) is 0 Å². The molecule has 4 nitrogen and oxygen atoms in total. The third kappa shape index (κ3) is 2.64. The van der Waals surface area contributed by atoms with Crippen LogP contribution in [0.2, 0.25) is 0 Å². The largest absolute Gasteiger partial charge is 0.369 e. The second-order valence-electron chi connectivity index (χ2n) is 3.78. The minimum Gasteiger partial charge on any atom is -0.369 e.